The van der Waals surface area contributed by atoms with Crippen molar-refractivity contribution in [1.29, 1.82) is 0 Å². The maximum absolute atomic E-state index is 12.2. The molecule has 9 heteroatoms. The summed E-state index contributed by atoms with van der Waals surface area (Å²) in [5.41, 5.74) is 1.13. The fraction of sp³-hybridized carbons (Fsp3) is 0.632. The van der Waals surface area contributed by atoms with Crippen LogP contribution in [0.25, 0.3) is 0 Å². The normalized spacial score (nSPS) is 15.2. The number of alkyl halides is 3. The number of halogens is 4. The van der Waals surface area contributed by atoms with Crippen LogP contribution in [-0.4, -0.2) is 63.4 Å². The van der Waals surface area contributed by atoms with E-state index in [1.807, 2.05) is 25.1 Å². The number of piperazine rings is 1. The predicted octanol–water partition coefficient (Wildman–Crippen LogP) is 4.13. The first-order valence-corrected chi connectivity index (χ1v) is 9.42. The van der Waals surface area contributed by atoms with Gasteiger partial charge in [0.15, 0.2) is 5.96 Å². The second-order valence-corrected chi connectivity index (χ2v) is 6.48. The Morgan fingerprint density at radius 1 is 1.18 bits per heavy atom. The molecule has 1 heterocycles. The van der Waals surface area contributed by atoms with Crippen LogP contribution < -0.4 is 15.0 Å². The van der Waals surface area contributed by atoms with Gasteiger partial charge in [0.1, 0.15) is 5.75 Å². The number of nitrogens with zero attached hydrogens (tertiary/aromatic N) is 3. The minimum absolute atomic E-state index is 0. The number of methoxy groups -OCH3 is 1. The topological polar surface area (TPSA) is 40.1 Å². The molecule has 1 aromatic carbocycles. The highest BCUT2D eigenvalue weighted by atomic mass is 127. The smallest absolute Gasteiger partial charge is 0.389 e. The van der Waals surface area contributed by atoms with E-state index in [4.69, 9.17) is 4.74 Å². The molecule has 160 valence electrons. The lowest BCUT2D eigenvalue weighted by molar-refractivity contribution is -0.135. The number of hydrogen-bond donors (Lipinski definition) is 1. The molecule has 0 bridgehead atoms. The van der Waals surface area contributed by atoms with Crippen molar-refractivity contribution in [3.8, 4) is 5.75 Å². The van der Waals surface area contributed by atoms with Gasteiger partial charge in [0.25, 0.3) is 0 Å². The van der Waals surface area contributed by atoms with Crippen molar-refractivity contribution < 1.29 is 17.9 Å². The minimum atomic E-state index is -4.08. The van der Waals surface area contributed by atoms with Gasteiger partial charge in [0.2, 0.25) is 0 Å². The zero-order valence-corrected chi connectivity index (χ0v) is 18.8. The van der Waals surface area contributed by atoms with Crippen LogP contribution in [0.15, 0.2) is 29.3 Å². The number of ether oxygens (including phenoxy) is 1. The number of guanidine groups is 1. The molecule has 1 aliphatic heterocycles. The number of hydrogen-bond acceptors (Lipinski definition) is 3. The summed E-state index contributed by atoms with van der Waals surface area (Å²) in [6.45, 7) is 6.46. The summed E-state index contributed by atoms with van der Waals surface area (Å²) in [6.07, 6.45) is -4.25. The Balaban J connectivity index is 0.00000392. The van der Waals surface area contributed by atoms with Gasteiger partial charge in [-0.3, -0.25) is 4.99 Å². The Morgan fingerprint density at radius 2 is 1.89 bits per heavy atom. The molecule has 1 saturated heterocycles. The molecule has 0 unspecified atom stereocenters. The van der Waals surface area contributed by atoms with Gasteiger partial charge in [-0.05, 0) is 31.9 Å². The molecule has 0 radical (unpaired) electrons. The molecule has 1 aromatic rings. The minimum Gasteiger partial charge on any atom is -0.497 e. The van der Waals surface area contributed by atoms with Crippen LogP contribution in [0, 0.1) is 0 Å². The van der Waals surface area contributed by atoms with Crippen LogP contribution in [0.2, 0.25) is 0 Å². The Bertz CT molecular complexity index is 605. The Labute approximate surface area is 182 Å². The maximum atomic E-state index is 12.2. The SMILES string of the molecule is CCNC(=NCCCCC(F)(F)F)N1CCN(c2cccc(OC)c2)CC1.I. The summed E-state index contributed by atoms with van der Waals surface area (Å²) < 4.78 is 41.9. The lowest BCUT2D eigenvalue weighted by Gasteiger charge is -2.37. The molecule has 0 spiro atoms. The van der Waals surface area contributed by atoms with Crippen molar-refractivity contribution in [2.75, 3.05) is 51.3 Å². The highest BCUT2D eigenvalue weighted by molar-refractivity contribution is 14.0. The summed E-state index contributed by atoms with van der Waals surface area (Å²) in [5.74, 6) is 1.62. The van der Waals surface area contributed by atoms with Gasteiger partial charge in [-0.1, -0.05) is 6.07 Å². The van der Waals surface area contributed by atoms with Gasteiger partial charge in [0, 0.05) is 57.4 Å². The fourth-order valence-electron chi connectivity index (χ4n) is 3.03. The van der Waals surface area contributed by atoms with E-state index in [2.05, 4.69) is 26.2 Å². The first-order chi connectivity index (χ1) is 12.9. The van der Waals surface area contributed by atoms with E-state index in [1.54, 1.807) is 7.11 Å². The zero-order valence-electron chi connectivity index (χ0n) is 16.5. The molecule has 0 aromatic heterocycles. The first-order valence-electron chi connectivity index (χ1n) is 9.42. The lowest BCUT2D eigenvalue weighted by atomic mass is 10.2. The second kappa shape index (κ2) is 12.2. The van der Waals surface area contributed by atoms with Crippen LogP contribution in [0.1, 0.15) is 26.2 Å². The fourth-order valence-corrected chi connectivity index (χ4v) is 3.03. The standard InChI is InChI=1S/C19H29F3N4O.HI/c1-3-23-18(24-10-5-4-9-19(20,21)22)26-13-11-25(12-14-26)16-7-6-8-17(15-16)27-2;/h6-8,15H,3-5,9-14H2,1-2H3,(H,23,24);1H. The molecule has 1 aliphatic rings. The number of rotatable bonds is 7. The predicted molar refractivity (Wildman–Crippen MR) is 118 cm³/mol. The van der Waals surface area contributed by atoms with E-state index in [0.29, 0.717) is 13.0 Å². The largest absolute Gasteiger partial charge is 0.497 e. The van der Waals surface area contributed by atoms with Crippen molar-refractivity contribution in [3.05, 3.63) is 24.3 Å². The molecule has 28 heavy (non-hydrogen) atoms. The Hall–Kier alpha value is -1.39. The zero-order chi connectivity index (χ0) is 19.7. The molecular weight excluding hydrogens is 484 g/mol. The highest BCUT2D eigenvalue weighted by Gasteiger charge is 2.26. The van der Waals surface area contributed by atoms with Crippen molar-refractivity contribution in [2.45, 2.75) is 32.4 Å². The monoisotopic (exact) mass is 514 g/mol. The second-order valence-electron chi connectivity index (χ2n) is 6.48. The van der Waals surface area contributed by atoms with E-state index < -0.39 is 12.6 Å². The Morgan fingerprint density at radius 3 is 2.50 bits per heavy atom. The van der Waals surface area contributed by atoms with E-state index >= 15 is 0 Å². The van der Waals surface area contributed by atoms with Gasteiger partial charge < -0.3 is 19.9 Å². The molecule has 5 nitrogen and oxygen atoms in total. The third-order valence-electron chi connectivity index (χ3n) is 4.46. The average molecular weight is 514 g/mol. The molecule has 1 fully saturated rings. The molecule has 0 atom stereocenters. The van der Waals surface area contributed by atoms with E-state index in [-0.39, 0.29) is 30.4 Å². The molecular formula is C19H30F3IN4O. The van der Waals surface area contributed by atoms with Crippen molar-refractivity contribution in [1.82, 2.24) is 10.2 Å². The summed E-state index contributed by atoms with van der Waals surface area (Å²) in [6, 6.07) is 8.00. The van der Waals surface area contributed by atoms with Crippen LogP contribution in [0.4, 0.5) is 18.9 Å². The highest BCUT2D eigenvalue weighted by Crippen LogP contribution is 2.23. The summed E-state index contributed by atoms with van der Waals surface area (Å²) in [4.78, 5) is 8.98. The third-order valence-corrected chi connectivity index (χ3v) is 4.46. The Kier molecular flexibility index (Phi) is 10.8. The number of aliphatic imine (C=N–C) groups is 1. The average Bonchev–Trinajstić information content (AvgIpc) is 2.66. The van der Waals surface area contributed by atoms with Crippen molar-refractivity contribution >= 4 is 35.6 Å². The van der Waals surface area contributed by atoms with Gasteiger partial charge in [0.05, 0.1) is 7.11 Å². The third kappa shape index (κ3) is 8.32. The quantitative estimate of drug-likeness (QED) is 0.257. The molecule has 1 N–H and O–H groups in total. The van der Waals surface area contributed by atoms with E-state index in [9.17, 15) is 13.2 Å². The van der Waals surface area contributed by atoms with Crippen LogP contribution in [-0.2, 0) is 0 Å². The van der Waals surface area contributed by atoms with Gasteiger partial charge >= 0.3 is 6.18 Å². The summed E-state index contributed by atoms with van der Waals surface area (Å²) in [5, 5.41) is 3.25. The number of anilines is 1. The number of benzene rings is 1. The van der Waals surface area contributed by atoms with Crippen LogP contribution in [0.5, 0.6) is 5.75 Å². The van der Waals surface area contributed by atoms with Gasteiger partial charge in [-0.2, -0.15) is 13.2 Å². The number of nitrogens with one attached hydrogen (secondary N) is 1. The van der Waals surface area contributed by atoms with Crippen molar-refractivity contribution in [3.63, 3.8) is 0 Å². The molecule has 2 rings (SSSR count). The van der Waals surface area contributed by atoms with Crippen molar-refractivity contribution in [2.24, 2.45) is 4.99 Å². The molecule has 0 aliphatic carbocycles. The summed E-state index contributed by atoms with van der Waals surface area (Å²) >= 11 is 0. The molecule has 0 amide bonds. The first kappa shape index (κ1) is 24.6. The van der Waals surface area contributed by atoms with Gasteiger partial charge in [-0.15, -0.1) is 24.0 Å². The maximum Gasteiger partial charge on any atom is 0.389 e. The van der Waals surface area contributed by atoms with E-state index in [1.165, 1.54) is 0 Å². The number of unbranched alkanes of at least 4 members (excludes halogenated alkanes) is 1. The molecule has 0 saturated carbocycles. The van der Waals surface area contributed by atoms with Gasteiger partial charge in [-0.25, -0.2) is 0 Å². The van der Waals surface area contributed by atoms with Crippen LogP contribution >= 0.6 is 24.0 Å². The van der Waals surface area contributed by atoms with E-state index in [0.717, 1.165) is 50.1 Å². The lowest BCUT2D eigenvalue weighted by Crippen LogP contribution is -2.52. The summed E-state index contributed by atoms with van der Waals surface area (Å²) in [7, 11) is 1.66. The van der Waals surface area contributed by atoms with Crippen LogP contribution in [0.3, 0.4) is 0 Å².